The number of ether oxygens (including phenoxy) is 1. The Balaban J connectivity index is 1.92. The molecule has 7 nitrogen and oxygen atoms in total. The van der Waals surface area contributed by atoms with Gasteiger partial charge in [-0.05, 0) is 68.6 Å². The molecular weight excluding hydrogens is 456 g/mol. The van der Waals surface area contributed by atoms with E-state index in [0.29, 0.717) is 12.2 Å². The average molecular weight is 495 g/mol. The average Bonchev–Trinajstić information content (AvgIpc) is 3.14. The molecule has 3 rings (SSSR count). The van der Waals surface area contributed by atoms with E-state index in [-0.39, 0.29) is 12.8 Å². The summed E-state index contributed by atoms with van der Waals surface area (Å²) in [5, 5.41) is 21.5. The van der Waals surface area contributed by atoms with Crippen LogP contribution in [0.25, 0.3) is 10.9 Å². The van der Waals surface area contributed by atoms with Gasteiger partial charge in [-0.3, -0.25) is 9.59 Å². The van der Waals surface area contributed by atoms with Crippen molar-refractivity contribution in [2.75, 3.05) is 20.6 Å². The van der Waals surface area contributed by atoms with E-state index in [1.54, 1.807) is 6.07 Å². The molecule has 2 aromatic carbocycles. The lowest BCUT2D eigenvalue weighted by molar-refractivity contribution is -0.142. The van der Waals surface area contributed by atoms with Gasteiger partial charge in [0.2, 0.25) is 0 Å². The van der Waals surface area contributed by atoms with Gasteiger partial charge in [0, 0.05) is 30.1 Å². The molecule has 36 heavy (non-hydrogen) atoms. The lowest BCUT2D eigenvalue weighted by atomic mass is 9.77. The van der Waals surface area contributed by atoms with Crippen molar-refractivity contribution in [3.8, 4) is 5.75 Å². The van der Waals surface area contributed by atoms with E-state index < -0.39 is 23.6 Å². The first-order valence-corrected chi connectivity index (χ1v) is 12.3. The molecule has 3 aromatic rings. The Morgan fingerprint density at radius 1 is 1.11 bits per heavy atom. The number of aliphatic hydroxyl groups is 1. The zero-order valence-corrected chi connectivity index (χ0v) is 22.2. The van der Waals surface area contributed by atoms with E-state index in [2.05, 4.69) is 11.0 Å². The van der Waals surface area contributed by atoms with Gasteiger partial charge in [0.1, 0.15) is 12.0 Å². The third-order valence-corrected chi connectivity index (χ3v) is 6.55. The van der Waals surface area contributed by atoms with Gasteiger partial charge < -0.3 is 24.4 Å². The quantitative estimate of drug-likeness (QED) is 0.288. The predicted octanol–water partition coefficient (Wildman–Crippen LogP) is 4.99. The number of hydrogen-bond acceptors (Lipinski definition) is 5. The second-order valence-corrected chi connectivity index (χ2v) is 10.5. The number of benzene rings is 2. The highest BCUT2D eigenvalue weighted by atomic mass is 16.5. The van der Waals surface area contributed by atoms with Crippen LogP contribution in [-0.4, -0.2) is 52.3 Å². The summed E-state index contributed by atoms with van der Waals surface area (Å²) in [7, 11) is 4.10. The van der Waals surface area contributed by atoms with Gasteiger partial charge in [0.15, 0.2) is 0 Å². The largest absolute Gasteiger partial charge is 0.481 e. The van der Waals surface area contributed by atoms with Crippen LogP contribution in [0.1, 0.15) is 61.6 Å². The van der Waals surface area contributed by atoms with E-state index in [9.17, 15) is 14.7 Å². The molecule has 0 bridgehead atoms. The standard InChI is InChI=1S/C29H38N2O5/c1-19-15-20(2)28(24(16-19)36-27(35)12-11-26(33)34)29(3,4)17-25(32)31-18-21(13-14-30(5)6)22-9-7-8-10-23(22)31/h7-10,15-16,18,25,32H,11-14,17H2,1-6H3,(H,33,34). The molecule has 194 valence electrons. The molecule has 0 amide bonds. The molecule has 0 saturated carbocycles. The van der Waals surface area contributed by atoms with Gasteiger partial charge in [-0.2, -0.15) is 0 Å². The van der Waals surface area contributed by atoms with E-state index in [1.807, 2.05) is 76.8 Å². The summed E-state index contributed by atoms with van der Waals surface area (Å²) in [6.07, 6.45) is 2.04. The van der Waals surface area contributed by atoms with Gasteiger partial charge in [0.05, 0.1) is 18.4 Å². The summed E-state index contributed by atoms with van der Waals surface area (Å²) in [5.74, 6) is -1.20. The lowest BCUT2D eigenvalue weighted by Gasteiger charge is -2.32. The molecule has 1 aromatic heterocycles. The minimum Gasteiger partial charge on any atom is -0.481 e. The van der Waals surface area contributed by atoms with Crippen LogP contribution in [0.5, 0.6) is 5.75 Å². The second kappa shape index (κ2) is 11.3. The van der Waals surface area contributed by atoms with Crippen molar-refractivity contribution in [3.05, 3.63) is 64.8 Å². The molecule has 0 radical (unpaired) electrons. The van der Waals surface area contributed by atoms with Crippen molar-refractivity contribution < 1.29 is 24.5 Å². The number of likely N-dealkylation sites (N-methyl/N-ethyl adjacent to an activating group) is 1. The molecule has 0 aliphatic rings. The van der Waals surface area contributed by atoms with E-state index in [1.165, 1.54) is 5.56 Å². The van der Waals surface area contributed by atoms with Crippen LogP contribution in [0.4, 0.5) is 0 Å². The van der Waals surface area contributed by atoms with Crippen LogP contribution in [0.15, 0.2) is 42.6 Å². The number of carboxylic acids is 1. The molecule has 1 heterocycles. The monoisotopic (exact) mass is 494 g/mol. The van der Waals surface area contributed by atoms with Crippen LogP contribution in [0.2, 0.25) is 0 Å². The Labute approximate surface area is 213 Å². The minimum absolute atomic E-state index is 0.199. The highest BCUT2D eigenvalue weighted by Gasteiger charge is 2.31. The zero-order chi connectivity index (χ0) is 26.6. The Bertz CT molecular complexity index is 1240. The van der Waals surface area contributed by atoms with Crippen molar-refractivity contribution in [1.82, 2.24) is 9.47 Å². The van der Waals surface area contributed by atoms with Crippen LogP contribution >= 0.6 is 0 Å². The molecule has 0 aliphatic carbocycles. The maximum atomic E-state index is 12.4. The van der Waals surface area contributed by atoms with Crippen LogP contribution in [0, 0.1) is 13.8 Å². The number of carbonyl (C=O) groups is 2. The van der Waals surface area contributed by atoms with E-state index in [4.69, 9.17) is 9.84 Å². The van der Waals surface area contributed by atoms with Crippen LogP contribution in [0.3, 0.4) is 0 Å². The Morgan fingerprint density at radius 3 is 2.47 bits per heavy atom. The fraction of sp³-hybridized carbons (Fsp3) is 0.448. The SMILES string of the molecule is Cc1cc(C)c(C(C)(C)CC(O)n2cc(CCN(C)C)c3ccccc32)c(OC(=O)CCC(=O)O)c1. The predicted molar refractivity (Wildman–Crippen MR) is 142 cm³/mol. The fourth-order valence-corrected chi connectivity index (χ4v) is 4.98. The van der Waals surface area contributed by atoms with Gasteiger partial charge in [-0.1, -0.05) is 38.1 Å². The first-order chi connectivity index (χ1) is 16.9. The summed E-state index contributed by atoms with van der Waals surface area (Å²) < 4.78 is 7.60. The third-order valence-electron chi connectivity index (χ3n) is 6.55. The second-order valence-electron chi connectivity index (χ2n) is 10.5. The van der Waals surface area contributed by atoms with Crippen LogP contribution in [-0.2, 0) is 21.4 Å². The normalized spacial score (nSPS) is 12.8. The topological polar surface area (TPSA) is 92.0 Å². The lowest BCUT2D eigenvalue weighted by Crippen LogP contribution is -2.26. The van der Waals surface area contributed by atoms with Gasteiger partial charge in [-0.25, -0.2) is 0 Å². The van der Waals surface area contributed by atoms with Gasteiger partial charge in [-0.15, -0.1) is 0 Å². The summed E-state index contributed by atoms with van der Waals surface area (Å²) >= 11 is 0. The summed E-state index contributed by atoms with van der Waals surface area (Å²) in [6, 6.07) is 11.9. The van der Waals surface area contributed by atoms with Crippen molar-refractivity contribution in [2.24, 2.45) is 0 Å². The Kier molecular flexibility index (Phi) is 8.59. The smallest absolute Gasteiger partial charge is 0.311 e. The summed E-state index contributed by atoms with van der Waals surface area (Å²) in [4.78, 5) is 25.4. The number of aromatic nitrogens is 1. The zero-order valence-electron chi connectivity index (χ0n) is 22.2. The number of esters is 1. The molecule has 1 atom stereocenters. The number of hydrogen-bond donors (Lipinski definition) is 2. The Hall–Kier alpha value is -3.16. The highest BCUT2D eigenvalue weighted by molar-refractivity contribution is 5.84. The maximum Gasteiger partial charge on any atom is 0.311 e. The van der Waals surface area contributed by atoms with Crippen molar-refractivity contribution >= 4 is 22.8 Å². The molecular formula is C29H38N2O5. The number of nitrogens with zero attached hydrogens (tertiary/aromatic N) is 2. The van der Waals surface area contributed by atoms with Gasteiger partial charge >= 0.3 is 11.9 Å². The summed E-state index contributed by atoms with van der Waals surface area (Å²) in [5.41, 5.74) is 4.36. The number of carboxylic acid groups (broad SMARTS) is 1. The van der Waals surface area contributed by atoms with E-state index in [0.717, 1.165) is 40.6 Å². The molecule has 0 fully saturated rings. The molecule has 0 aliphatic heterocycles. The van der Waals surface area contributed by atoms with E-state index >= 15 is 0 Å². The number of rotatable bonds is 11. The number of para-hydroxylation sites is 1. The first-order valence-electron chi connectivity index (χ1n) is 12.3. The number of carbonyl (C=O) groups excluding carboxylic acids is 1. The molecule has 0 saturated heterocycles. The highest BCUT2D eigenvalue weighted by Crippen LogP contribution is 2.41. The number of aliphatic hydroxyl groups excluding tert-OH is 1. The molecule has 1 unspecified atom stereocenters. The molecule has 2 N–H and O–H groups in total. The molecule has 0 spiro atoms. The minimum atomic E-state index is -1.04. The first kappa shape index (κ1) is 27.4. The number of fused-ring (bicyclic) bond motifs is 1. The molecule has 7 heteroatoms. The van der Waals surface area contributed by atoms with Crippen molar-refractivity contribution in [2.45, 2.75) is 65.0 Å². The third kappa shape index (κ3) is 6.53. The number of aryl methyl sites for hydroxylation is 2. The fourth-order valence-electron chi connectivity index (χ4n) is 4.98. The Morgan fingerprint density at radius 2 is 1.81 bits per heavy atom. The number of aliphatic carboxylic acids is 1. The maximum absolute atomic E-state index is 12.4. The summed E-state index contributed by atoms with van der Waals surface area (Å²) in [6.45, 7) is 8.86. The van der Waals surface area contributed by atoms with Gasteiger partial charge in [0.25, 0.3) is 0 Å². The van der Waals surface area contributed by atoms with Crippen LogP contribution < -0.4 is 4.74 Å². The van der Waals surface area contributed by atoms with Crippen molar-refractivity contribution in [3.63, 3.8) is 0 Å². The van der Waals surface area contributed by atoms with Crippen molar-refractivity contribution in [1.29, 1.82) is 0 Å².